The number of ether oxygens (including phenoxy) is 1. The van der Waals surface area contributed by atoms with Crippen molar-refractivity contribution in [3.05, 3.63) is 29.3 Å². The summed E-state index contributed by atoms with van der Waals surface area (Å²) in [5.74, 6) is -2.84. The van der Waals surface area contributed by atoms with Gasteiger partial charge in [-0.3, -0.25) is 0 Å². The number of halogens is 2. The topological polar surface area (TPSA) is 72.5 Å². The lowest BCUT2D eigenvalue weighted by Crippen LogP contribution is -2.35. The SMILES string of the molecule is COC(=O)c1cc(NC2CCCS(=O)(=O)C2)c(F)cc1F. The fourth-order valence-corrected chi connectivity index (χ4v) is 3.92. The van der Waals surface area contributed by atoms with Gasteiger partial charge < -0.3 is 10.1 Å². The van der Waals surface area contributed by atoms with Gasteiger partial charge in [0.05, 0.1) is 29.9 Å². The Morgan fingerprint density at radius 2 is 2.05 bits per heavy atom. The number of hydrogen-bond acceptors (Lipinski definition) is 5. The van der Waals surface area contributed by atoms with E-state index in [0.29, 0.717) is 18.9 Å². The van der Waals surface area contributed by atoms with Crippen molar-refractivity contribution in [1.29, 1.82) is 0 Å². The maximum atomic E-state index is 13.7. The van der Waals surface area contributed by atoms with Crippen molar-refractivity contribution in [2.75, 3.05) is 23.9 Å². The summed E-state index contributed by atoms with van der Waals surface area (Å²) in [5.41, 5.74) is -0.515. The molecule has 1 fully saturated rings. The van der Waals surface area contributed by atoms with Gasteiger partial charge in [0.15, 0.2) is 9.84 Å². The van der Waals surface area contributed by atoms with Crippen LogP contribution in [-0.2, 0) is 14.6 Å². The minimum Gasteiger partial charge on any atom is -0.465 e. The largest absolute Gasteiger partial charge is 0.465 e. The van der Waals surface area contributed by atoms with Crippen LogP contribution in [0.1, 0.15) is 23.2 Å². The number of methoxy groups -OCH3 is 1. The van der Waals surface area contributed by atoms with Crippen molar-refractivity contribution in [3.63, 3.8) is 0 Å². The van der Waals surface area contributed by atoms with E-state index < -0.39 is 39.0 Å². The van der Waals surface area contributed by atoms with Crippen LogP contribution in [0.2, 0.25) is 0 Å². The van der Waals surface area contributed by atoms with Gasteiger partial charge in [-0.15, -0.1) is 0 Å². The van der Waals surface area contributed by atoms with Gasteiger partial charge in [0.1, 0.15) is 11.6 Å². The summed E-state index contributed by atoms with van der Waals surface area (Å²) in [6.45, 7) is 0. The van der Waals surface area contributed by atoms with Gasteiger partial charge in [-0.25, -0.2) is 22.0 Å². The Morgan fingerprint density at radius 3 is 2.67 bits per heavy atom. The number of carbonyl (C=O) groups excluding carboxylic acids is 1. The van der Waals surface area contributed by atoms with Gasteiger partial charge >= 0.3 is 5.97 Å². The average Bonchev–Trinajstić information content (AvgIpc) is 2.40. The highest BCUT2D eigenvalue weighted by Gasteiger charge is 2.26. The molecule has 0 saturated carbocycles. The van der Waals surface area contributed by atoms with E-state index in [0.717, 1.165) is 13.2 Å². The van der Waals surface area contributed by atoms with Crippen molar-refractivity contribution >= 4 is 21.5 Å². The van der Waals surface area contributed by atoms with Crippen LogP contribution < -0.4 is 5.32 Å². The molecule has 1 aromatic rings. The number of esters is 1. The summed E-state index contributed by atoms with van der Waals surface area (Å²) in [5, 5.41) is 2.72. The van der Waals surface area contributed by atoms with Crippen molar-refractivity contribution in [1.82, 2.24) is 0 Å². The predicted molar refractivity (Wildman–Crippen MR) is 73.0 cm³/mol. The number of carbonyl (C=O) groups is 1. The van der Waals surface area contributed by atoms with Gasteiger partial charge in [0, 0.05) is 12.1 Å². The van der Waals surface area contributed by atoms with Crippen molar-refractivity contribution in [2.45, 2.75) is 18.9 Å². The third-order valence-corrected chi connectivity index (χ3v) is 5.11. The summed E-state index contributed by atoms with van der Waals surface area (Å²) in [7, 11) is -2.07. The summed E-state index contributed by atoms with van der Waals surface area (Å²) in [6, 6.07) is 1.11. The van der Waals surface area contributed by atoms with Crippen molar-refractivity contribution in [3.8, 4) is 0 Å². The van der Waals surface area contributed by atoms with Crippen molar-refractivity contribution < 1.29 is 26.7 Å². The first-order valence-electron chi connectivity index (χ1n) is 6.37. The Labute approximate surface area is 121 Å². The van der Waals surface area contributed by atoms with E-state index in [1.165, 1.54) is 0 Å². The zero-order valence-corrected chi connectivity index (χ0v) is 12.2. The van der Waals surface area contributed by atoms with Crippen LogP contribution in [0.3, 0.4) is 0 Å². The molecule has 1 aromatic carbocycles. The lowest BCUT2D eigenvalue weighted by Gasteiger charge is -2.24. The Hall–Kier alpha value is -1.70. The zero-order valence-electron chi connectivity index (χ0n) is 11.4. The highest BCUT2D eigenvalue weighted by atomic mass is 32.2. The summed E-state index contributed by atoms with van der Waals surface area (Å²) in [4.78, 5) is 11.4. The molecule has 0 aromatic heterocycles. The smallest absolute Gasteiger partial charge is 0.340 e. The average molecular weight is 319 g/mol. The minimum absolute atomic E-state index is 0.112. The normalized spacial score (nSPS) is 20.8. The van der Waals surface area contributed by atoms with E-state index in [2.05, 4.69) is 10.1 Å². The van der Waals surface area contributed by atoms with Gasteiger partial charge in [-0.1, -0.05) is 0 Å². The molecule has 8 heteroatoms. The summed E-state index contributed by atoms with van der Waals surface area (Å²) < 4.78 is 54.7. The lowest BCUT2D eigenvalue weighted by atomic mass is 10.1. The van der Waals surface area contributed by atoms with Gasteiger partial charge in [0.25, 0.3) is 0 Å². The lowest BCUT2D eigenvalue weighted by molar-refractivity contribution is 0.0595. The molecule has 21 heavy (non-hydrogen) atoms. The summed E-state index contributed by atoms with van der Waals surface area (Å²) in [6.07, 6.45) is 1.04. The molecule has 0 aliphatic carbocycles. The number of nitrogens with one attached hydrogen (secondary N) is 1. The van der Waals surface area contributed by atoms with E-state index >= 15 is 0 Å². The number of hydrogen-bond donors (Lipinski definition) is 1. The Morgan fingerprint density at radius 1 is 1.33 bits per heavy atom. The number of anilines is 1. The molecule has 1 aliphatic rings. The third kappa shape index (κ3) is 3.69. The molecule has 1 aliphatic heterocycles. The van der Waals surface area contributed by atoms with Gasteiger partial charge in [-0.2, -0.15) is 0 Å². The van der Waals surface area contributed by atoms with Crippen LogP contribution in [0.4, 0.5) is 14.5 Å². The van der Waals surface area contributed by atoms with Crippen LogP contribution in [-0.4, -0.2) is 39.0 Å². The van der Waals surface area contributed by atoms with E-state index in [1.807, 2.05) is 0 Å². The molecule has 116 valence electrons. The monoisotopic (exact) mass is 319 g/mol. The first-order valence-corrected chi connectivity index (χ1v) is 8.19. The van der Waals surface area contributed by atoms with Crippen LogP contribution in [0.25, 0.3) is 0 Å². The fraction of sp³-hybridized carbons (Fsp3) is 0.462. The maximum absolute atomic E-state index is 13.7. The second-order valence-corrected chi connectivity index (χ2v) is 7.13. The van der Waals surface area contributed by atoms with E-state index in [-0.39, 0.29) is 17.2 Å². The standard InChI is InChI=1S/C13H15F2NO4S/c1-20-13(17)9-5-12(11(15)6-10(9)14)16-8-3-2-4-21(18,19)7-8/h5-6,8,16H,2-4,7H2,1H3. The van der Waals surface area contributed by atoms with Gasteiger partial charge in [0.2, 0.25) is 0 Å². The molecule has 2 rings (SSSR count). The van der Waals surface area contributed by atoms with E-state index in [1.54, 1.807) is 0 Å². The van der Waals surface area contributed by atoms with Gasteiger partial charge in [-0.05, 0) is 18.9 Å². The number of rotatable bonds is 3. The molecule has 1 atom stereocenters. The van der Waals surface area contributed by atoms with E-state index in [4.69, 9.17) is 0 Å². The van der Waals surface area contributed by atoms with Crippen LogP contribution in [0.15, 0.2) is 12.1 Å². The number of benzene rings is 1. The molecule has 5 nitrogen and oxygen atoms in total. The maximum Gasteiger partial charge on any atom is 0.340 e. The minimum atomic E-state index is -3.15. The first kappa shape index (κ1) is 15.7. The molecule has 0 bridgehead atoms. The molecule has 1 heterocycles. The first-order chi connectivity index (χ1) is 9.82. The highest BCUT2D eigenvalue weighted by Crippen LogP contribution is 2.23. The van der Waals surface area contributed by atoms with E-state index in [9.17, 15) is 22.0 Å². The molecule has 1 unspecified atom stereocenters. The number of sulfone groups is 1. The molecule has 0 radical (unpaired) electrons. The quantitative estimate of drug-likeness (QED) is 0.859. The third-order valence-electron chi connectivity index (χ3n) is 3.28. The highest BCUT2D eigenvalue weighted by molar-refractivity contribution is 7.91. The Kier molecular flexibility index (Phi) is 4.46. The molecule has 0 amide bonds. The molecular formula is C13H15F2NO4S. The Balaban J connectivity index is 2.25. The molecule has 1 N–H and O–H groups in total. The van der Waals surface area contributed by atoms with Crippen LogP contribution in [0.5, 0.6) is 0 Å². The Bertz CT molecular complexity index is 660. The fourth-order valence-electron chi connectivity index (χ4n) is 2.28. The predicted octanol–water partition coefficient (Wildman–Crippen LogP) is 1.74. The molecule has 1 saturated heterocycles. The van der Waals surface area contributed by atoms with Crippen LogP contribution >= 0.6 is 0 Å². The second kappa shape index (κ2) is 5.97. The summed E-state index contributed by atoms with van der Waals surface area (Å²) >= 11 is 0. The second-order valence-electron chi connectivity index (χ2n) is 4.90. The zero-order chi connectivity index (χ0) is 15.6. The molecule has 0 spiro atoms. The molecular weight excluding hydrogens is 304 g/mol. The van der Waals surface area contributed by atoms with Crippen molar-refractivity contribution in [2.24, 2.45) is 0 Å². The van der Waals surface area contributed by atoms with Crippen LogP contribution in [0, 0.1) is 11.6 Å².